The molecule has 0 aliphatic carbocycles. The lowest BCUT2D eigenvalue weighted by Gasteiger charge is -2.15. The van der Waals surface area contributed by atoms with E-state index >= 15 is 0 Å². The van der Waals surface area contributed by atoms with Gasteiger partial charge in [-0.1, -0.05) is 10.3 Å². The van der Waals surface area contributed by atoms with Crippen molar-refractivity contribution in [3.05, 3.63) is 11.1 Å². The fraction of sp³-hybridized carbons (Fsp3) is 0.364. The highest BCUT2D eigenvalue weighted by atomic mass is 32.1. The molecule has 0 bridgehead atoms. The van der Waals surface area contributed by atoms with Crippen LogP contribution in [0.4, 0.5) is 5.13 Å². The van der Waals surface area contributed by atoms with Gasteiger partial charge in [0.15, 0.2) is 5.13 Å². The van der Waals surface area contributed by atoms with Crippen LogP contribution in [0.2, 0.25) is 0 Å². The molecule has 2 rings (SSSR count). The van der Waals surface area contributed by atoms with Crippen LogP contribution >= 0.6 is 24.0 Å². The number of hydrazone groups is 1. The number of esters is 1. The number of methoxy groups -OCH3 is 1. The van der Waals surface area contributed by atoms with Crippen LogP contribution in [-0.2, 0) is 28.7 Å². The molecule has 2 N–H and O–H groups in total. The van der Waals surface area contributed by atoms with Gasteiger partial charge in [0.05, 0.1) is 7.11 Å². The summed E-state index contributed by atoms with van der Waals surface area (Å²) in [7, 11) is 1.19. The molecule has 0 spiro atoms. The van der Waals surface area contributed by atoms with Crippen molar-refractivity contribution < 1.29 is 28.7 Å². The van der Waals surface area contributed by atoms with Crippen molar-refractivity contribution in [3.63, 3.8) is 0 Å². The standard InChI is InChI=1S/C11H13N5O6S2/c1-5-14-16(11(23)21-5)22-9(18)8(6-4-24-10(12)13-6)15-20-3-7(17)19-2/h4,11,23H,3H2,1-2H3,(H2,12,13). The van der Waals surface area contributed by atoms with Crippen molar-refractivity contribution >= 4 is 52.6 Å². The van der Waals surface area contributed by atoms with Gasteiger partial charge in [-0.25, -0.2) is 14.6 Å². The zero-order valence-corrected chi connectivity index (χ0v) is 14.2. The Morgan fingerprint density at radius 1 is 1.58 bits per heavy atom. The average molecular weight is 375 g/mol. The van der Waals surface area contributed by atoms with E-state index in [4.69, 9.17) is 20.1 Å². The molecule has 1 atom stereocenters. The molecule has 11 nitrogen and oxygen atoms in total. The second-order valence-corrected chi connectivity index (χ2v) is 5.44. The van der Waals surface area contributed by atoms with E-state index in [-0.39, 0.29) is 22.4 Å². The van der Waals surface area contributed by atoms with Gasteiger partial charge < -0.3 is 24.9 Å². The molecule has 13 heteroatoms. The highest BCUT2D eigenvalue weighted by Crippen LogP contribution is 2.18. The predicted octanol–water partition coefficient (Wildman–Crippen LogP) is -0.0438. The number of thiazole rings is 1. The van der Waals surface area contributed by atoms with E-state index in [2.05, 4.69) is 32.6 Å². The second kappa shape index (κ2) is 7.83. The Morgan fingerprint density at radius 2 is 2.33 bits per heavy atom. The molecule has 0 aromatic carbocycles. The van der Waals surface area contributed by atoms with Gasteiger partial charge in [-0.2, -0.15) is 0 Å². The first kappa shape index (κ1) is 17.8. The van der Waals surface area contributed by atoms with Gasteiger partial charge in [-0.15, -0.1) is 29.1 Å². The van der Waals surface area contributed by atoms with Gasteiger partial charge in [0, 0.05) is 12.3 Å². The Hall–Kier alpha value is -2.54. The highest BCUT2D eigenvalue weighted by molar-refractivity contribution is 7.80. The van der Waals surface area contributed by atoms with Crippen molar-refractivity contribution in [2.45, 2.75) is 12.5 Å². The van der Waals surface area contributed by atoms with Gasteiger partial charge >= 0.3 is 11.9 Å². The fourth-order valence-electron chi connectivity index (χ4n) is 1.40. The van der Waals surface area contributed by atoms with Crippen LogP contribution in [0.15, 0.2) is 15.6 Å². The normalized spacial score (nSPS) is 17.1. The molecule has 1 aliphatic rings. The van der Waals surface area contributed by atoms with E-state index < -0.39 is 24.1 Å². The number of oxime groups is 1. The molecule has 0 saturated heterocycles. The van der Waals surface area contributed by atoms with Crippen molar-refractivity contribution in [1.29, 1.82) is 0 Å². The maximum atomic E-state index is 12.3. The molecule has 130 valence electrons. The summed E-state index contributed by atoms with van der Waals surface area (Å²) < 4.78 is 9.49. The summed E-state index contributed by atoms with van der Waals surface area (Å²) in [5.74, 6) is -1.36. The first-order valence-corrected chi connectivity index (χ1v) is 7.70. The molecule has 1 aliphatic heterocycles. The van der Waals surface area contributed by atoms with Crippen molar-refractivity contribution in [2.24, 2.45) is 10.3 Å². The number of thiol groups is 1. The topological polar surface area (TPSA) is 138 Å². The number of ether oxygens (including phenoxy) is 2. The summed E-state index contributed by atoms with van der Waals surface area (Å²) in [5.41, 5.74) is 4.44. The van der Waals surface area contributed by atoms with E-state index in [9.17, 15) is 9.59 Å². The Bertz CT molecular complexity index is 690. The van der Waals surface area contributed by atoms with Gasteiger partial charge in [0.2, 0.25) is 18.2 Å². The van der Waals surface area contributed by atoms with Gasteiger partial charge in [-0.05, 0) is 0 Å². The molecule has 1 unspecified atom stereocenters. The molecule has 0 fully saturated rings. The first-order chi connectivity index (χ1) is 11.4. The molecule has 2 heterocycles. The Morgan fingerprint density at radius 3 is 2.88 bits per heavy atom. The fourth-order valence-corrected chi connectivity index (χ4v) is 2.20. The van der Waals surface area contributed by atoms with Gasteiger partial charge in [0.1, 0.15) is 5.69 Å². The number of nitrogens with two attached hydrogens (primary N) is 1. The number of aromatic nitrogens is 1. The van der Waals surface area contributed by atoms with Crippen LogP contribution in [0, 0.1) is 0 Å². The van der Waals surface area contributed by atoms with Crippen molar-refractivity contribution in [1.82, 2.24) is 10.2 Å². The summed E-state index contributed by atoms with van der Waals surface area (Å²) >= 11 is 5.13. The summed E-state index contributed by atoms with van der Waals surface area (Å²) in [6, 6.07) is 0. The highest BCUT2D eigenvalue weighted by Gasteiger charge is 2.30. The minimum atomic E-state index is -0.953. The molecule has 1 aromatic rings. The van der Waals surface area contributed by atoms with Crippen LogP contribution < -0.4 is 5.73 Å². The summed E-state index contributed by atoms with van der Waals surface area (Å²) in [4.78, 5) is 37.0. The van der Waals surface area contributed by atoms with E-state index in [1.54, 1.807) is 6.92 Å². The molecule has 0 amide bonds. The third-order valence-electron chi connectivity index (χ3n) is 2.40. The van der Waals surface area contributed by atoms with Crippen LogP contribution in [0.1, 0.15) is 12.6 Å². The smallest absolute Gasteiger partial charge is 0.389 e. The molecule has 0 radical (unpaired) electrons. The maximum absolute atomic E-state index is 12.3. The molecule has 24 heavy (non-hydrogen) atoms. The third-order valence-corrected chi connectivity index (χ3v) is 3.38. The number of carbonyl (C=O) groups excluding carboxylic acids is 2. The average Bonchev–Trinajstić information content (AvgIpc) is 3.08. The number of anilines is 1. The van der Waals surface area contributed by atoms with E-state index in [0.717, 1.165) is 16.5 Å². The third kappa shape index (κ3) is 4.48. The van der Waals surface area contributed by atoms with Crippen LogP contribution in [0.5, 0.6) is 0 Å². The zero-order chi connectivity index (χ0) is 17.7. The number of rotatable bonds is 6. The number of hydrogen-bond acceptors (Lipinski definition) is 13. The number of carbonyl (C=O) groups is 2. The van der Waals surface area contributed by atoms with E-state index in [0.29, 0.717) is 0 Å². The molecular formula is C11H13N5O6S2. The largest absolute Gasteiger partial charge is 0.466 e. The first-order valence-electron chi connectivity index (χ1n) is 6.30. The Kier molecular flexibility index (Phi) is 5.81. The van der Waals surface area contributed by atoms with E-state index in [1.807, 2.05) is 0 Å². The number of nitrogen functional groups attached to an aromatic ring is 1. The SMILES string of the molecule is COC(=O)CON=C(C(=O)ON1N=C(C)OC1S)c1csc(N)n1. The maximum Gasteiger partial charge on any atom is 0.389 e. The van der Waals surface area contributed by atoms with Crippen molar-refractivity contribution in [2.75, 3.05) is 19.5 Å². The quantitative estimate of drug-likeness (QED) is 0.303. The number of hydrogen-bond donors (Lipinski definition) is 2. The van der Waals surface area contributed by atoms with Crippen molar-refractivity contribution in [3.8, 4) is 0 Å². The van der Waals surface area contributed by atoms with Crippen LogP contribution in [0.3, 0.4) is 0 Å². The summed E-state index contributed by atoms with van der Waals surface area (Å²) in [5, 5.41) is 9.91. The summed E-state index contributed by atoms with van der Waals surface area (Å²) in [6.07, 6.45) is 0. The lowest BCUT2D eigenvalue weighted by Crippen LogP contribution is -2.31. The predicted molar refractivity (Wildman–Crippen MR) is 85.9 cm³/mol. The number of nitrogens with zero attached hydrogens (tertiary/aromatic N) is 4. The molecule has 1 aromatic heterocycles. The van der Waals surface area contributed by atoms with Crippen LogP contribution in [0.25, 0.3) is 0 Å². The van der Waals surface area contributed by atoms with Crippen LogP contribution in [-0.4, -0.2) is 53.0 Å². The van der Waals surface area contributed by atoms with Gasteiger partial charge in [0.25, 0.3) is 5.56 Å². The monoisotopic (exact) mass is 375 g/mol. The summed E-state index contributed by atoms with van der Waals surface area (Å²) in [6.45, 7) is 1.07. The number of hydroxylamine groups is 1. The van der Waals surface area contributed by atoms with E-state index in [1.165, 1.54) is 12.5 Å². The Balaban J connectivity index is 2.14. The minimum absolute atomic E-state index is 0.115. The molecule has 0 saturated carbocycles. The lowest BCUT2D eigenvalue weighted by molar-refractivity contribution is -0.194. The lowest BCUT2D eigenvalue weighted by atomic mass is 10.3. The second-order valence-electron chi connectivity index (χ2n) is 4.10. The zero-order valence-electron chi connectivity index (χ0n) is 12.5. The Labute approximate surface area is 145 Å². The van der Waals surface area contributed by atoms with Gasteiger partial charge in [-0.3, -0.25) is 0 Å². The minimum Gasteiger partial charge on any atom is -0.466 e. The molecular weight excluding hydrogens is 362 g/mol.